The van der Waals surface area contributed by atoms with E-state index in [1.807, 2.05) is 24.4 Å². The van der Waals surface area contributed by atoms with Crippen molar-refractivity contribution in [2.24, 2.45) is 0 Å². The molecule has 0 saturated carbocycles. The highest BCUT2D eigenvalue weighted by molar-refractivity contribution is 5.82. The van der Waals surface area contributed by atoms with E-state index < -0.39 is 11.6 Å². The molecule has 0 spiro atoms. The van der Waals surface area contributed by atoms with E-state index in [4.69, 9.17) is 4.98 Å². The third-order valence-corrected chi connectivity index (χ3v) is 5.33. The summed E-state index contributed by atoms with van der Waals surface area (Å²) in [6.45, 7) is 2.10. The van der Waals surface area contributed by atoms with Crippen molar-refractivity contribution in [2.45, 2.75) is 38.8 Å². The zero-order valence-electron chi connectivity index (χ0n) is 16.2. The van der Waals surface area contributed by atoms with Gasteiger partial charge in [0, 0.05) is 42.8 Å². The monoisotopic (exact) mass is 398 g/mol. The standard InChI is InChI=1S/C22H24F2N4O/c23-18-7-5-17(19(24)13-18)14-25-21(29)15-28-12-9-16-6-8-20(26-22(16)28)27-10-3-1-2-4-11-27/h5-9,12-13H,1-4,10-11,14-15H2,(H,25,29). The SMILES string of the molecule is O=C(Cn1ccc2ccc(N3CCCCCC3)nc21)NCc1ccc(F)cc1F. The first-order chi connectivity index (χ1) is 14.1. The van der Waals surface area contributed by atoms with Crippen molar-refractivity contribution in [1.82, 2.24) is 14.9 Å². The summed E-state index contributed by atoms with van der Waals surface area (Å²) in [6.07, 6.45) is 6.68. The van der Waals surface area contributed by atoms with E-state index >= 15 is 0 Å². The number of nitrogens with zero attached hydrogens (tertiary/aromatic N) is 3. The Morgan fingerprint density at radius 3 is 2.59 bits per heavy atom. The summed E-state index contributed by atoms with van der Waals surface area (Å²) in [5.74, 6) is -0.621. The predicted octanol–water partition coefficient (Wildman–Crippen LogP) is 4.01. The zero-order chi connectivity index (χ0) is 20.2. The van der Waals surface area contributed by atoms with Gasteiger partial charge in [-0.15, -0.1) is 0 Å². The molecule has 1 aliphatic rings. The van der Waals surface area contributed by atoms with Crippen molar-refractivity contribution in [3.63, 3.8) is 0 Å². The number of halogens is 2. The van der Waals surface area contributed by atoms with Gasteiger partial charge in [0.2, 0.25) is 5.91 Å². The van der Waals surface area contributed by atoms with E-state index in [-0.39, 0.29) is 24.6 Å². The molecule has 1 fully saturated rings. The number of pyridine rings is 1. The Labute approximate surface area is 168 Å². The summed E-state index contributed by atoms with van der Waals surface area (Å²) in [6, 6.07) is 9.33. The molecule has 2 aromatic heterocycles. The predicted molar refractivity (Wildman–Crippen MR) is 109 cm³/mol. The molecule has 1 amide bonds. The van der Waals surface area contributed by atoms with Gasteiger partial charge in [-0.3, -0.25) is 4.79 Å². The fourth-order valence-electron chi connectivity index (χ4n) is 3.72. The molecular weight excluding hydrogens is 374 g/mol. The first kappa shape index (κ1) is 19.4. The van der Waals surface area contributed by atoms with Crippen molar-refractivity contribution >= 4 is 22.8 Å². The van der Waals surface area contributed by atoms with Crippen LogP contribution in [0.25, 0.3) is 11.0 Å². The Morgan fingerprint density at radius 1 is 1.03 bits per heavy atom. The van der Waals surface area contributed by atoms with Crippen LogP contribution in [-0.4, -0.2) is 28.5 Å². The molecule has 0 aliphatic carbocycles. The maximum atomic E-state index is 13.7. The highest BCUT2D eigenvalue weighted by Gasteiger charge is 2.14. The molecule has 7 heteroatoms. The van der Waals surface area contributed by atoms with Crippen LogP contribution in [-0.2, 0) is 17.9 Å². The van der Waals surface area contributed by atoms with Crippen molar-refractivity contribution in [2.75, 3.05) is 18.0 Å². The van der Waals surface area contributed by atoms with Crippen molar-refractivity contribution in [3.8, 4) is 0 Å². The second-order valence-corrected chi connectivity index (χ2v) is 7.44. The minimum absolute atomic E-state index is 0.0105. The van der Waals surface area contributed by atoms with Gasteiger partial charge >= 0.3 is 0 Å². The maximum absolute atomic E-state index is 13.7. The Morgan fingerprint density at radius 2 is 1.83 bits per heavy atom. The summed E-state index contributed by atoms with van der Waals surface area (Å²) in [4.78, 5) is 19.5. The fraction of sp³-hybridized carbons (Fsp3) is 0.364. The van der Waals surface area contributed by atoms with Gasteiger partial charge in [0.15, 0.2) is 0 Å². The van der Waals surface area contributed by atoms with Crippen LogP contribution in [0.1, 0.15) is 31.2 Å². The molecular formula is C22H24F2N4O. The molecule has 4 rings (SSSR count). The molecule has 0 radical (unpaired) electrons. The minimum Gasteiger partial charge on any atom is -0.357 e. The molecule has 3 heterocycles. The van der Waals surface area contributed by atoms with Crippen LogP contribution < -0.4 is 10.2 Å². The lowest BCUT2D eigenvalue weighted by Crippen LogP contribution is -2.27. The molecule has 0 bridgehead atoms. The van der Waals surface area contributed by atoms with E-state index in [0.717, 1.165) is 36.0 Å². The van der Waals surface area contributed by atoms with E-state index in [2.05, 4.69) is 10.2 Å². The Kier molecular flexibility index (Phi) is 5.74. The van der Waals surface area contributed by atoms with Crippen LogP contribution in [0.4, 0.5) is 14.6 Å². The molecule has 1 saturated heterocycles. The van der Waals surface area contributed by atoms with E-state index in [1.54, 1.807) is 4.57 Å². The number of carbonyl (C=O) groups excluding carboxylic acids is 1. The van der Waals surface area contributed by atoms with Crippen LogP contribution in [0, 0.1) is 11.6 Å². The number of benzene rings is 1. The molecule has 3 aromatic rings. The molecule has 29 heavy (non-hydrogen) atoms. The van der Waals surface area contributed by atoms with Crippen LogP contribution in [0.2, 0.25) is 0 Å². The Balaban J connectivity index is 1.45. The van der Waals surface area contributed by atoms with Gasteiger partial charge in [-0.1, -0.05) is 18.9 Å². The van der Waals surface area contributed by atoms with Gasteiger partial charge in [0.25, 0.3) is 0 Å². The average Bonchev–Trinajstić information content (AvgIpc) is 2.91. The number of aromatic nitrogens is 2. The largest absolute Gasteiger partial charge is 0.357 e. The lowest BCUT2D eigenvalue weighted by Gasteiger charge is -2.21. The highest BCUT2D eigenvalue weighted by Crippen LogP contribution is 2.22. The van der Waals surface area contributed by atoms with E-state index in [9.17, 15) is 13.6 Å². The minimum atomic E-state index is -0.666. The number of nitrogens with one attached hydrogen (secondary N) is 1. The molecule has 0 atom stereocenters. The quantitative estimate of drug-likeness (QED) is 0.707. The molecule has 152 valence electrons. The average molecular weight is 398 g/mol. The van der Waals surface area contributed by atoms with Crippen LogP contribution in [0.15, 0.2) is 42.6 Å². The van der Waals surface area contributed by atoms with Crippen LogP contribution in [0.3, 0.4) is 0 Å². The number of anilines is 1. The first-order valence-corrected chi connectivity index (χ1v) is 10.0. The van der Waals surface area contributed by atoms with Crippen molar-refractivity contribution < 1.29 is 13.6 Å². The number of fused-ring (bicyclic) bond motifs is 1. The topological polar surface area (TPSA) is 50.2 Å². The maximum Gasteiger partial charge on any atom is 0.240 e. The number of rotatable bonds is 5. The number of hydrogen-bond acceptors (Lipinski definition) is 3. The summed E-state index contributed by atoms with van der Waals surface area (Å²) in [5, 5.41) is 3.66. The lowest BCUT2D eigenvalue weighted by atomic mass is 10.2. The fourth-order valence-corrected chi connectivity index (χ4v) is 3.72. The molecule has 0 unspecified atom stereocenters. The van der Waals surface area contributed by atoms with Gasteiger partial charge in [-0.2, -0.15) is 0 Å². The molecule has 1 N–H and O–H groups in total. The molecule has 5 nitrogen and oxygen atoms in total. The number of hydrogen-bond donors (Lipinski definition) is 1. The normalized spacial score (nSPS) is 14.8. The third kappa shape index (κ3) is 4.55. The van der Waals surface area contributed by atoms with Gasteiger partial charge < -0.3 is 14.8 Å². The first-order valence-electron chi connectivity index (χ1n) is 10.0. The second-order valence-electron chi connectivity index (χ2n) is 7.44. The van der Waals surface area contributed by atoms with Gasteiger partial charge in [0.05, 0.1) is 0 Å². The molecule has 1 aromatic carbocycles. The van der Waals surface area contributed by atoms with Crippen molar-refractivity contribution in [3.05, 3.63) is 59.8 Å². The summed E-state index contributed by atoms with van der Waals surface area (Å²) < 4.78 is 28.5. The number of amides is 1. The van der Waals surface area contributed by atoms with E-state index in [0.29, 0.717) is 0 Å². The van der Waals surface area contributed by atoms with E-state index in [1.165, 1.54) is 37.8 Å². The van der Waals surface area contributed by atoms with Gasteiger partial charge in [-0.25, -0.2) is 13.8 Å². The Bertz CT molecular complexity index is 1010. The smallest absolute Gasteiger partial charge is 0.240 e. The van der Waals surface area contributed by atoms with Crippen LogP contribution >= 0.6 is 0 Å². The zero-order valence-corrected chi connectivity index (χ0v) is 16.2. The van der Waals surface area contributed by atoms with Crippen molar-refractivity contribution in [1.29, 1.82) is 0 Å². The third-order valence-electron chi connectivity index (χ3n) is 5.33. The van der Waals surface area contributed by atoms with Gasteiger partial charge in [0.1, 0.15) is 29.6 Å². The van der Waals surface area contributed by atoms with Crippen LogP contribution in [0.5, 0.6) is 0 Å². The summed E-state index contributed by atoms with van der Waals surface area (Å²) >= 11 is 0. The summed E-state index contributed by atoms with van der Waals surface area (Å²) in [5.41, 5.74) is 1.01. The lowest BCUT2D eigenvalue weighted by molar-refractivity contribution is -0.121. The second kappa shape index (κ2) is 8.59. The Hall–Kier alpha value is -2.96. The van der Waals surface area contributed by atoms with Gasteiger partial charge in [-0.05, 0) is 37.1 Å². The summed E-state index contributed by atoms with van der Waals surface area (Å²) in [7, 11) is 0. The molecule has 1 aliphatic heterocycles. The highest BCUT2D eigenvalue weighted by atomic mass is 19.1. The number of carbonyl (C=O) groups is 1.